The molecule has 0 N–H and O–H groups in total. The first-order chi connectivity index (χ1) is 11.9. The van der Waals surface area contributed by atoms with Crippen LogP contribution in [-0.4, -0.2) is 43.0 Å². The number of amides is 1. The van der Waals surface area contributed by atoms with Gasteiger partial charge in [0.25, 0.3) is 5.91 Å². The molecule has 0 fully saturated rings. The lowest BCUT2D eigenvalue weighted by Gasteiger charge is -2.22. The van der Waals surface area contributed by atoms with Crippen LogP contribution < -0.4 is 4.90 Å². The summed E-state index contributed by atoms with van der Waals surface area (Å²) in [5.74, 6) is -1.15. The summed E-state index contributed by atoms with van der Waals surface area (Å²) in [7, 11) is 3.80. The summed E-state index contributed by atoms with van der Waals surface area (Å²) in [6.07, 6.45) is 0. The van der Waals surface area contributed by atoms with Crippen molar-refractivity contribution >= 4 is 32.6 Å². The van der Waals surface area contributed by atoms with Gasteiger partial charge in [0.15, 0.2) is 5.13 Å². The first-order valence-corrected chi connectivity index (χ1v) is 8.54. The van der Waals surface area contributed by atoms with E-state index in [1.54, 1.807) is 12.1 Å². The molecule has 7 heteroatoms. The van der Waals surface area contributed by atoms with Crippen LogP contribution in [0.1, 0.15) is 10.4 Å². The molecule has 130 valence electrons. The summed E-state index contributed by atoms with van der Waals surface area (Å²) in [5.41, 5.74) is 0.882. The quantitative estimate of drug-likeness (QED) is 0.694. The van der Waals surface area contributed by atoms with E-state index in [1.807, 2.05) is 19.0 Å². The first kappa shape index (κ1) is 17.4. The number of halogens is 2. The van der Waals surface area contributed by atoms with Gasteiger partial charge in [-0.1, -0.05) is 17.4 Å². The molecule has 3 rings (SSSR count). The lowest BCUT2D eigenvalue weighted by molar-refractivity contribution is 0.0985. The van der Waals surface area contributed by atoms with Gasteiger partial charge in [0.1, 0.15) is 11.6 Å². The average Bonchev–Trinajstić information content (AvgIpc) is 2.97. The van der Waals surface area contributed by atoms with Gasteiger partial charge in [0.2, 0.25) is 0 Å². The zero-order chi connectivity index (χ0) is 18.0. The van der Waals surface area contributed by atoms with E-state index in [-0.39, 0.29) is 17.3 Å². The lowest BCUT2D eigenvalue weighted by atomic mass is 10.2. The first-order valence-electron chi connectivity index (χ1n) is 7.72. The number of likely N-dealkylation sites (N-methyl/N-ethyl adjacent to an activating group) is 1. The van der Waals surface area contributed by atoms with Gasteiger partial charge in [-0.05, 0) is 50.5 Å². The van der Waals surface area contributed by atoms with Crippen molar-refractivity contribution in [2.45, 2.75) is 0 Å². The molecule has 0 saturated carbocycles. The molecular weight excluding hydrogens is 344 g/mol. The van der Waals surface area contributed by atoms with Crippen molar-refractivity contribution in [1.82, 2.24) is 9.88 Å². The standard InChI is InChI=1S/C18H17F2N3OS/c1-22(2)8-9-23(17(24)12-4-3-5-13(19)10-12)18-21-15-7-6-14(20)11-16(15)25-18/h3-7,10-11H,8-9H2,1-2H3. The van der Waals surface area contributed by atoms with E-state index in [9.17, 15) is 13.6 Å². The van der Waals surface area contributed by atoms with E-state index in [1.165, 1.54) is 46.6 Å². The van der Waals surface area contributed by atoms with Crippen molar-refractivity contribution in [2.75, 3.05) is 32.1 Å². The second kappa shape index (κ2) is 7.25. The monoisotopic (exact) mass is 361 g/mol. The maximum absolute atomic E-state index is 13.5. The van der Waals surface area contributed by atoms with Gasteiger partial charge in [-0.3, -0.25) is 9.69 Å². The third-order valence-electron chi connectivity index (χ3n) is 3.66. The number of thiazole rings is 1. The van der Waals surface area contributed by atoms with E-state index in [2.05, 4.69) is 4.98 Å². The highest BCUT2D eigenvalue weighted by Crippen LogP contribution is 2.30. The van der Waals surface area contributed by atoms with E-state index in [0.29, 0.717) is 28.4 Å². The van der Waals surface area contributed by atoms with Crippen LogP contribution in [0.5, 0.6) is 0 Å². The van der Waals surface area contributed by atoms with E-state index >= 15 is 0 Å². The van der Waals surface area contributed by atoms with Crippen LogP contribution in [0, 0.1) is 11.6 Å². The molecule has 0 saturated heterocycles. The third-order valence-corrected chi connectivity index (χ3v) is 4.70. The van der Waals surface area contributed by atoms with Crippen molar-refractivity contribution in [1.29, 1.82) is 0 Å². The molecule has 1 amide bonds. The highest BCUT2D eigenvalue weighted by atomic mass is 32.1. The van der Waals surface area contributed by atoms with Crippen LogP contribution in [0.3, 0.4) is 0 Å². The molecule has 25 heavy (non-hydrogen) atoms. The number of fused-ring (bicyclic) bond motifs is 1. The van der Waals surface area contributed by atoms with Crippen molar-refractivity contribution < 1.29 is 13.6 Å². The normalized spacial score (nSPS) is 11.2. The molecule has 1 heterocycles. The number of rotatable bonds is 5. The Labute approximate surface area is 148 Å². The molecule has 0 aliphatic rings. The summed E-state index contributed by atoms with van der Waals surface area (Å²) in [6.45, 7) is 1.01. The molecule has 0 aliphatic carbocycles. The molecule has 0 unspecified atom stereocenters. The maximum Gasteiger partial charge on any atom is 0.260 e. The van der Waals surface area contributed by atoms with Crippen molar-refractivity contribution in [3.8, 4) is 0 Å². The largest absolute Gasteiger partial charge is 0.308 e. The molecular formula is C18H17F2N3OS. The van der Waals surface area contributed by atoms with Crippen LogP contribution in [0.15, 0.2) is 42.5 Å². The molecule has 0 spiro atoms. The Bertz CT molecular complexity index is 910. The van der Waals surface area contributed by atoms with Crippen LogP contribution >= 0.6 is 11.3 Å². The highest BCUT2D eigenvalue weighted by molar-refractivity contribution is 7.22. The van der Waals surface area contributed by atoms with E-state index in [4.69, 9.17) is 0 Å². The predicted molar refractivity (Wildman–Crippen MR) is 96.2 cm³/mol. The molecule has 2 aromatic carbocycles. The van der Waals surface area contributed by atoms with Crippen molar-refractivity contribution in [2.24, 2.45) is 0 Å². The number of hydrogen-bond donors (Lipinski definition) is 0. The Morgan fingerprint density at radius 1 is 1.08 bits per heavy atom. The highest BCUT2D eigenvalue weighted by Gasteiger charge is 2.21. The number of carbonyl (C=O) groups is 1. The van der Waals surface area contributed by atoms with Crippen LogP contribution in [0.4, 0.5) is 13.9 Å². The molecule has 0 bridgehead atoms. The number of anilines is 1. The van der Waals surface area contributed by atoms with Gasteiger partial charge in [0.05, 0.1) is 10.2 Å². The topological polar surface area (TPSA) is 36.4 Å². The van der Waals surface area contributed by atoms with Gasteiger partial charge in [-0.25, -0.2) is 13.8 Å². The fourth-order valence-electron chi connectivity index (χ4n) is 2.36. The second-order valence-electron chi connectivity index (χ2n) is 5.88. The predicted octanol–water partition coefficient (Wildman–Crippen LogP) is 3.78. The summed E-state index contributed by atoms with van der Waals surface area (Å²) in [6, 6.07) is 9.89. The van der Waals surface area contributed by atoms with E-state index in [0.717, 1.165) is 0 Å². The van der Waals surface area contributed by atoms with E-state index < -0.39 is 5.82 Å². The van der Waals surface area contributed by atoms with Crippen molar-refractivity contribution in [3.05, 3.63) is 59.7 Å². The Hall–Kier alpha value is -2.38. The van der Waals surface area contributed by atoms with Gasteiger partial charge >= 0.3 is 0 Å². The Kier molecular flexibility index (Phi) is 5.06. The number of aromatic nitrogens is 1. The Morgan fingerprint density at radius 2 is 1.84 bits per heavy atom. The molecule has 0 radical (unpaired) electrons. The van der Waals surface area contributed by atoms with Crippen LogP contribution in [-0.2, 0) is 0 Å². The number of carbonyl (C=O) groups excluding carboxylic acids is 1. The van der Waals surface area contributed by atoms with Crippen molar-refractivity contribution in [3.63, 3.8) is 0 Å². The van der Waals surface area contributed by atoms with Gasteiger partial charge in [0, 0.05) is 18.7 Å². The second-order valence-corrected chi connectivity index (χ2v) is 6.89. The van der Waals surface area contributed by atoms with Gasteiger partial charge < -0.3 is 4.90 Å². The number of benzene rings is 2. The molecule has 4 nitrogen and oxygen atoms in total. The van der Waals surface area contributed by atoms with Gasteiger partial charge in [-0.15, -0.1) is 0 Å². The number of nitrogens with zero attached hydrogens (tertiary/aromatic N) is 3. The summed E-state index contributed by atoms with van der Waals surface area (Å²) >= 11 is 1.24. The van der Waals surface area contributed by atoms with Gasteiger partial charge in [-0.2, -0.15) is 0 Å². The maximum atomic E-state index is 13.5. The smallest absolute Gasteiger partial charge is 0.260 e. The summed E-state index contributed by atoms with van der Waals surface area (Å²) in [5, 5.41) is 0.469. The molecule has 3 aromatic rings. The zero-order valence-electron chi connectivity index (χ0n) is 13.9. The Balaban J connectivity index is 1.99. The SMILES string of the molecule is CN(C)CCN(C(=O)c1cccc(F)c1)c1nc2ccc(F)cc2s1. The summed E-state index contributed by atoms with van der Waals surface area (Å²) in [4.78, 5) is 20.8. The average molecular weight is 361 g/mol. The number of hydrogen-bond acceptors (Lipinski definition) is 4. The fraction of sp³-hybridized carbons (Fsp3) is 0.222. The van der Waals surface area contributed by atoms with Crippen LogP contribution in [0.2, 0.25) is 0 Å². The minimum Gasteiger partial charge on any atom is -0.308 e. The molecule has 0 aliphatic heterocycles. The fourth-order valence-corrected chi connectivity index (χ4v) is 3.38. The minimum absolute atomic E-state index is 0.254. The lowest BCUT2D eigenvalue weighted by Crippen LogP contribution is -2.36. The van der Waals surface area contributed by atoms with Crippen LogP contribution in [0.25, 0.3) is 10.2 Å². The minimum atomic E-state index is -0.468. The Morgan fingerprint density at radius 3 is 2.56 bits per heavy atom. The molecule has 1 aromatic heterocycles. The molecule has 0 atom stereocenters. The zero-order valence-corrected chi connectivity index (χ0v) is 14.7. The third kappa shape index (κ3) is 4.00. The summed E-state index contributed by atoms with van der Waals surface area (Å²) < 4.78 is 27.6.